The van der Waals surface area contributed by atoms with Gasteiger partial charge in [-0.05, 0) is 68.3 Å². The average Bonchev–Trinajstić information content (AvgIpc) is 2.91. The van der Waals surface area contributed by atoms with Gasteiger partial charge in [0.2, 0.25) is 5.91 Å². The number of amides is 2. The Morgan fingerprint density at radius 1 is 1.06 bits per heavy atom. The third kappa shape index (κ3) is 4.10. The molecule has 0 bridgehead atoms. The number of anilines is 1. The smallest absolute Gasteiger partial charge is 0.251 e. The summed E-state index contributed by atoms with van der Waals surface area (Å²) in [6.45, 7) is 5.74. The minimum Gasteiger partial charge on any atom is -0.346 e. The Balaban J connectivity index is 1.61. The molecule has 1 aliphatic rings. The first kappa shape index (κ1) is 21.6. The van der Waals surface area contributed by atoms with Crippen LogP contribution in [0.3, 0.4) is 0 Å². The second-order valence-electron chi connectivity index (χ2n) is 8.48. The van der Waals surface area contributed by atoms with Crippen LogP contribution in [0.2, 0.25) is 0 Å². The number of aromatic nitrogens is 1. The lowest BCUT2D eigenvalue weighted by molar-refractivity contribution is -0.122. The maximum Gasteiger partial charge on any atom is 0.251 e. The molecule has 7 heteroatoms. The summed E-state index contributed by atoms with van der Waals surface area (Å²) >= 11 is 0. The average molecular weight is 435 g/mol. The molecule has 0 saturated carbocycles. The van der Waals surface area contributed by atoms with E-state index in [9.17, 15) is 18.4 Å². The Kier molecular flexibility index (Phi) is 5.50. The third-order valence-corrected chi connectivity index (χ3v) is 5.64. The first-order valence-corrected chi connectivity index (χ1v) is 10.3. The number of carbonyl (C=O) groups excluding carboxylic acids is 2. The number of benzene rings is 2. The van der Waals surface area contributed by atoms with E-state index in [2.05, 4.69) is 10.3 Å². The predicted molar refractivity (Wildman–Crippen MR) is 117 cm³/mol. The van der Waals surface area contributed by atoms with Crippen LogP contribution in [0.4, 0.5) is 14.5 Å². The second kappa shape index (κ2) is 8.15. The molecule has 1 N–H and O–H groups in total. The van der Waals surface area contributed by atoms with Gasteiger partial charge < -0.3 is 10.2 Å². The van der Waals surface area contributed by atoms with E-state index in [1.54, 1.807) is 32.0 Å². The first-order valence-electron chi connectivity index (χ1n) is 10.3. The molecule has 3 aromatic rings. The standard InChI is InChI=1S/C25H23F2N3O2/c1-15-5-4-6-20(29-15)13-28-23(31)17-7-8-21-22(11-17)30(24(32)25(21,2)3)14-16-9-18(26)12-19(27)10-16/h4-12H,13-14H2,1-3H3,(H,28,31). The number of nitrogens with zero attached hydrogens (tertiary/aromatic N) is 2. The number of rotatable bonds is 5. The third-order valence-electron chi connectivity index (χ3n) is 5.64. The van der Waals surface area contributed by atoms with Gasteiger partial charge in [-0.1, -0.05) is 12.1 Å². The number of hydrogen-bond acceptors (Lipinski definition) is 3. The Hall–Kier alpha value is -3.61. The van der Waals surface area contributed by atoms with Gasteiger partial charge in [0.05, 0.1) is 24.2 Å². The quantitative estimate of drug-likeness (QED) is 0.645. The zero-order valence-corrected chi connectivity index (χ0v) is 18.1. The molecule has 32 heavy (non-hydrogen) atoms. The maximum atomic E-state index is 13.7. The van der Waals surface area contributed by atoms with Crippen LogP contribution in [-0.4, -0.2) is 16.8 Å². The van der Waals surface area contributed by atoms with Crippen LogP contribution in [0.15, 0.2) is 54.6 Å². The van der Waals surface area contributed by atoms with Gasteiger partial charge in [0.25, 0.3) is 5.91 Å². The Bertz CT molecular complexity index is 1200. The number of pyridine rings is 1. The lowest BCUT2D eigenvalue weighted by Crippen LogP contribution is -2.35. The molecule has 5 nitrogen and oxygen atoms in total. The van der Waals surface area contributed by atoms with Crippen LogP contribution in [0.1, 0.15) is 46.7 Å². The normalized spacial score (nSPS) is 14.4. The summed E-state index contributed by atoms with van der Waals surface area (Å²) in [6, 6.07) is 13.9. The fourth-order valence-electron chi connectivity index (χ4n) is 4.00. The molecule has 2 aromatic carbocycles. The molecule has 0 spiro atoms. The molecule has 1 aromatic heterocycles. The van der Waals surface area contributed by atoms with E-state index in [4.69, 9.17) is 0 Å². The van der Waals surface area contributed by atoms with Crippen LogP contribution in [0.25, 0.3) is 0 Å². The zero-order valence-electron chi connectivity index (χ0n) is 18.1. The molecule has 0 atom stereocenters. The van der Waals surface area contributed by atoms with Gasteiger partial charge in [0, 0.05) is 23.0 Å². The van der Waals surface area contributed by atoms with Gasteiger partial charge in [-0.15, -0.1) is 0 Å². The number of carbonyl (C=O) groups is 2. The SMILES string of the molecule is Cc1cccc(CNC(=O)c2ccc3c(c2)N(Cc2cc(F)cc(F)c2)C(=O)C3(C)C)n1. The van der Waals surface area contributed by atoms with Crippen molar-refractivity contribution in [2.24, 2.45) is 0 Å². The van der Waals surface area contributed by atoms with Crippen LogP contribution >= 0.6 is 0 Å². The van der Waals surface area contributed by atoms with Gasteiger partial charge in [-0.2, -0.15) is 0 Å². The highest BCUT2D eigenvalue weighted by molar-refractivity contribution is 6.08. The Morgan fingerprint density at radius 2 is 1.78 bits per heavy atom. The molecule has 164 valence electrons. The van der Waals surface area contributed by atoms with Crippen molar-refractivity contribution in [1.82, 2.24) is 10.3 Å². The summed E-state index contributed by atoms with van der Waals surface area (Å²) in [5.41, 5.74) is 2.83. The largest absolute Gasteiger partial charge is 0.346 e. The van der Waals surface area contributed by atoms with Crippen molar-refractivity contribution in [1.29, 1.82) is 0 Å². The summed E-state index contributed by atoms with van der Waals surface area (Å²) < 4.78 is 27.3. The van der Waals surface area contributed by atoms with Gasteiger partial charge >= 0.3 is 0 Å². The lowest BCUT2D eigenvalue weighted by atomic mass is 9.86. The van der Waals surface area contributed by atoms with Crippen LogP contribution < -0.4 is 10.2 Å². The molecule has 0 unspecified atom stereocenters. The summed E-state index contributed by atoms with van der Waals surface area (Å²) in [5.74, 6) is -1.91. The summed E-state index contributed by atoms with van der Waals surface area (Å²) in [5, 5.41) is 2.84. The summed E-state index contributed by atoms with van der Waals surface area (Å²) in [7, 11) is 0. The summed E-state index contributed by atoms with van der Waals surface area (Å²) in [6.07, 6.45) is 0. The highest BCUT2D eigenvalue weighted by Gasteiger charge is 2.44. The molecule has 2 heterocycles. The van der Waals surface area contributed by atoms with E-state index in [0.717, 1.165) is 23.0 Å². The maximum absolute atomic E-state index is 13.7. The molecular formula is C25H23F2N3O2. The fourth-order valence-corrected chi connectivity index (χ4v) is 4.00. The van der Waals surface area contributed by atoms with Gasteiger partial charge in [-0.25, -0.2) is 8.78 Å². The highest BCUT2D eigenvalue weighted by atomic mass is 19.1. The van der Waals surface area contributed by atoms with Crippen molar-refractivity contribution < 1.29 is 18.4 Å². The number of hydrogen-bond donors (Lipinski definition) is 1. The van der Waals surface area contributed by atoms with Crippen molar-refractivity contribution in [2.75, 3.05) is 4.90 Å². The van der Waals surface area contributed by atoms with Crippen LogP contribution in [0.5, 0.6) is 0 Å². The molecule has 0 saturated heterocycles. The monoisotopic (exact) mass is 435 g/mol. The Morgan fingerprint density at radius 3 is 2.47 bits per heavy atom. The molecule has 0 aliphatic carbocycles. The highest BCUT2D eigenvalue weighted by Crippen LogP contribution is 2.42. The second-order valence-corrected chi connectivity index (χ2v) is 8.48. The zero-order chi connectivity index (χ0) is 23.0. The van der Waals surface area contributed by atoms with Crippen LogP contribution in [0, 0.1) is 18.6 Å². The van der Waals surface area contributed by atoms with Gasteiger partial charge in [0.1, 0.15) is 11.6 Å². The van der Waals surface area contributed by atoms with E-state index in [1.165, 1.54) is 17.0 Å². The van der Waals surface area contributed by atoms with Crippen molar-refractivity contribution >= 4 is 17.5 Å². The minimum atomic E-state index is -0.818. The molecule has 0 fully saturated rings. The fraction of sp³-hybridized carbons (Fsp3) is 0.240. The molecule has 2 amide bonds. The van der Waals surface area contributed by atoms with E-state index in [1.807, 2.05) is 25.1 Å². The van der Waals surface area contributed by atoms with E-state index in [-0.39, 0.29) is 24.9 Å². The van der Waals surface area contributed by atoms with Crippen molar-refractivity contribution in [3.05, 3.63) is 94.3 Å². The first-order chi connectivity index (χ1) is 15.1. The molecule has 4 rings (SSSR count). The minimum absolute atomic E-state index is 0.00221. The van der Waals surface area contributed by atoms with Gasteiger partial charge in [-0.3, -0.25) is 14.6 Å². The van der Waals surface area contributed by atoms with Crippen molar-refractivity contribution in [2.45, 2.75) is 39.3 Å². The molecule has 1 aliphatic heterocycles. The Labute approximate surface area is 185 Å². The predicted octanol–water partition coefficient (Wildman–Crippen LogP) is 4.42. The number of aryl methyl sites for hydroxylation is 1. The molecular weight excluding hydrogens is 412 g/mol. The topological polar surface area (TPSA) is 62.3 Å². The van der Waals surface area contributed by atoms with Gasteiger partial charge in [0.15, 0.2) is 0 Å². The summed E-state index contributed by atoms with van der Waals surface area (Å²) in [4.78, 5) is 31.7. The molecule has 0 radical (unpaired) electrons. The van der Waals surface area contributed by atoms with E-state index < -0.39 is 17.0 Å². The number of fused-ring (bicyclic) bond motifs is 1. The van der Waals surface area contributed by atoms with Crippen LogP contribution in [-0.2, 0) is 23.3 Å². The number of halogens is 2. The van der Waals surface area contributed by atoms with E-state index >= 15 is 0 Å². The van der Waals surface area contributed by atoms with Crippen molar-refractivity contribution in [3.8, 4) is 0 Å². The lowest BCUT2D eigenvalue weighted by Gasteiger charge is -2.20. The van der Waals surface area contributed by atoms with E-state index in [0.29, 0.717) is 16.8 Å². The number of nitrogens with one attached hydrogen (secondary N) is 1. The van der Waals surface area contributed by atoms with Crippen molar-refractivity contribution in [3.63, 3.8) is 0 Å².